The second-order valence-corrected chi connectivity index (χ2v) is 4.46. The molecule has 0 spiro atoms. The summed E-state index contributed by atoms with van der Waals surface area (Å²) < 4.78 is 12.9. The van der Waals surface area contributed by atoms with Crippen molar-refractivity contribution in [3.63, 3.8) is 0 Å². The minimum Gasteiger partial charge on any atom is -0.299 e. The van der Waals surface area contributed by atoms with E-state index >= 15 is 0 Å². The summed E-state index contributed by atoms with van der Waals surface area (Å²) in [6, 6.07) is 6.14. The van der Waals surface area contributed by atoms with E-state index < -0.39 is 0 Å². The van der Waals surface area contributed by atoms with E-state index in [0.717, 1.165) is 10.4 Å². The molecule has 4 heteroatoms. The molecule has 16 heavy (non-hydrogen) atoms. The van der Waals surface area contributed by atoms with Crippen molar-refractivity contribution in [1.29, 1.82) is 0 Å². The van der Waals surface area contributed by atoms with Gasteiger partial charge in [-0.15, -0.1) is 11.3 Å². The van der Waals surface area contributed by atoms with Crippen LogP contribution < -0.4 is 0 Å². The summed E-state index contributed by atoms with van der Waals surface area (Å²) in [6.07, 6.45) is 2.34. The Labute approximate surface area is 96.8 Å². The summed E-state index contributed by atoms with van der Waals surface area (Å²) in [5, 5.41) is 0. The van der Waals surface area contributed by atoms with Crippen LogP contribution in [0.5, 0.6) is 0 Å². The van der Waals surface area contributed by atoms with Gasteiger partial charge in [0.1, 0.15) is 11.6 Å². The van der Waals surface area contributed by atoms with Gasteiger partial charge in [0, 0.05) is 23.9 Å². The molecule has 0 bridgehead atoms. The molecule has 2 nitrogen and oxygen atoms in total. The van der Waals surface area contributed by atoms with Gasteiger partial charge in [0.2, 0.25) is 0 Å². The Morgan fingerprint density at radius 3 is 2.94 bits per heavy atom. The second kappa shape index (κ2) is 4.99. The van der Waals surface area contributed by atoms with Gasteiger partial charge in [-0.1, -0.05) is 12.1 Å². The van der Waals surface area contributed by atoms with Crippen LogP contribution in [-0.4, -0.2) is 10.8 Å². The predicted molar refractivity (Wildman–Crippen MR) is 60.9 cm³/mol. The van der Waals surface area contributed by atoms with Gasteiger partial charge < -0.3 is 0 Å². The van der Waals surface area contributed by atoms with Crippen LogP contribution in [0.25, 0.3) is 0 Å². The standard InChI is InChI=1S/C12H10FNOS/c13-10-3-1-2-9(4-10)5-11(15)6-12-7-14-8-16-12/h1-4,7-8H,5-6H2. The lowest BCUT2D eigenvalue weighted by Crippen LogP contribution is -2.05. The van der Waals surface area contributed by atoms with Gasteiger partial charge in [-0.05, 0) is 17.7 Å². The fourth-order valence-electron chi connectivity index (χ4n) is 1.46. The molecule has 0 aliphatic rings. The zero-order valence-electron chi connectivity index (χ0n) is 8.52. The second-order valence-electron chi connectivity index (χ2n) is 3.49. The van der Waals surface area contributed by atoms with Gasteiger partial charge in [0.25, 0.3) is 0 Å². The largest absolute Gasteiger partial charge is 0.299 e. The monoisotopic (exact) mass is 235 g/mol. The van der Waals surface area contributed by atoms with Crippen LogP contribution in [0.1, 0.15) is 10.4 Å². The molecule has 1 aromatic heterocycles. The number of ketones is 1. The number of rotatable bonds is 4. The van der Waals surface area contributed by atoms with Gasteiger partial charge in [-0.3, -0.25) is 9.78 Å². The number of benzene rings is 1. The summed E-state index contributed by atoms with van der Waals surface area (Å²) >= 11 is 1.46. The van der Waals surface area contributed by atoms with Crippen molar-refractivity contribution in [3.05, 3.63) is 52.2 Å². The zero-order chi connectivity index (χ0) is 11.4. The number of carbonyl (C=O) groups is 1. The highest BCUT2D eigenvalue weighted by molar-refractivity contribution is 7.09. The molecule has 0 unspecified atom stereocenters. The Balaban J connectivity index is 1.97. The first-order valence-corrected chi connectivity index (χ1v) is 5.75. The van der Waals surface area contributed by atoms with Crippen molar-refractivity contribution in [2.24, 2.45) is 0 Å². The Morgan fingerprint density at radius 1 is 1.38 bits per heavy atom. The van der Waals surface area contributed by atoms with E-state index in [4.69, 9.17) is 0 Å². The van der Waals surface area contributed by atoms with Gasteiger partial charge in [-0.2, -0.15) is 0 Å². The molecule has 2 aromatic rings. The maximum Gasteiger partial charge on any atom is 0.142 e. The highest BCUT2D eigenvalue weighted by Crippen LogP contribution is 2.10. The van der Waals surface area contributed by atoms with Crippen molar-refractivity contribution in [2.75, 3.05) is 0 Å². The molecule has 0 atom stereocenters. The quantitative estimate of drug-likeness (QED) is 0.815. The first kappa shape index (κ1) is 11.0. The minimum atomic E-state index is -0.303. The smallest absolute Gasteiger partial charge is 0.142 e. The predicted octanol–water partition coefficient (Wildman–Crippen LogP) is 2.64. The van der Waals surface area contributed by atoms with Gasteiger partial charge >= 0.3 is 0 Å². The molecule has 1 heterocycles. The van der Waals surface area contributed by atoms with Crippen molar-refractivity contribution in [3.8, 4) is 0 Å². The fourth-order valence-corrected chi connectivity index (χ4v) is 2.08. The van der Waals surface area contributed by atoms with Crippen LogP contribution >= 0.6 is 11.3 Å². The third-order valence-electron chi connectivity index (χ3n) is 2.15. The Bertz CT molecular complexity index is 482. The third-order valence-corrected chi connectivity index (χ3v) is 2.92. The number of halogens is 1. The molecule has 0 aliphatic carbocycles. The average Bonchev–Trinajstić information content (AvgIpc) is 2.70. The molecule has 2 rings (SSSR count). The molecule has 0 saturated heterocycles. The molecule has 0 fully saturated rings. The van der Waals surface area contributed by atoms with Gasteiger partial charge in [0.05, 0.1) is 5.51 Å². The highest BCUT2D eigenvalue weighted by Gasteiger charge is 2.06. The Morgan fingerprint density at radius 2 is 2.25 bits per heavy atom. The molecule has 0 aliphatic heterocycles. The molecular formula is C12H10FNOS. The summed E-state index contributed by atoms with van der Waals surface area (Å²) in [4.78, 5) is 16.5. The number of hydrogen-bond donors (Lipinski definition) is 0. The number of carbonyl (C=O) groups excluding carboxylic acids is 1. The molecule has 0 N–H and O–H groups in total. The summed E-state index contributed by atoms with van der Waals surface area (Å²) in [5.41, 5.74) is 2.42. The number of Topliss-reactive ketones (excluding diaryl/α,β-unsaturated/α-hetero) is 1. The van der Waals surface area contributed by atoms with Gasteiger partial charge in [-0.25, -0.2) is 4.39 Å². The third kappa shape index (κ3) is 2.97. The van der Waals surface area contributed by atoms with E-state index in [2.05, 4.69) is 4.98 Å². The van der Waals surface area contributed by atoms with Crippen LogP contribution in [0.15, 0.2) is 36.0 Å². The number of nitrogens with zero attached hydrogens (tertiary/aromatic N) is 1. The highest BCUT2D eigenvalue weighted by atomic mass is 32.1. The SMILES string of the molecule is O=C(Cc1cccc(F)c1)Cc1cncs1. The summed E-state index contributed by atoms with van der Waals surface area (Å²) in [6.45, 7) is 0. The zero-order valence-corrected chi connectivity index (χ0v) is 9.34. The Kier molecular flexibility index (Phi) is 3.41. The average molecular weight is 235 g/mol. The van der Waals surface area contributed by atoms with E-state index in [9.17, 15) is 9.18 Å². The number of aromatic nitrogens is 1. The minimum absolute atomic E-state index is 0.0786. The maximum absolute atomic E-state index is 12.9. The number of thiazole rings is 1. The lowest BCUT2D eigenvalue weighted by atomic mass is 10.1. The van der Waals surface area contributed by atoms with Crippen LogP contribution in [0.4, 0.5) is 4.39 Å². The van der Waals surface area contributed by atoms with E-state index in [1.54, 1.807) is 23.8 Å². The van der Waals surface area contributed by atoms with Crippen molar-refractivity contribution >= 4 is 17.1 Å². The molecule has 1 aromatic carbocycles. The van der Waals surface area contributed by atoms with Crippen LogP contribution in [-0.2, 0) is 17.6 Å². The fraction of sp³-hybridized carbons (Fsp3) is 0.167. The van der Waals surface area contributed by atoms with E-state index in [-0.39, 0.29) is 18.0 Å². The van der Waals surface area contributed by atoms with E-state index in [0.29, 0.717) is 6.42 Å². The topological polar surface area (TPSA) is 30.0 Å². The van der Waals surface area contributed by atoms with Crippen LogP contribution in [0.3, 0.4) is 0 Å². The Hall–Kier alpha value is -1.55. The molecule has 0 radical (unpaired) electrons. The first-order chi connectivity index (χ1) is 7.74. The lowest BCUT2D eigenvalue weighted by molar-refractivity contribution is -0.117. The van der Waals surface area contributed by atoms with Crippen LogP contribution in [0.2, 0.25) is 0 Å². The molecule has 0 amide bonds. The molecule has 0 saturated carbocycles. The van der Waals surface area contributed by atoms with Crippen LogP contribution in [0, 0.1) is 5.82 Å². The van der Waals surface area contributed by atoms with E-state index in [1.807, 2.05) is 0 Å². The van der Waals surface area contributed by atoms with Gasteiger partial charge in [0.15, 0.2) is 0 Å². The lowest BCUT2D eigenvalue weighted by Gasteiger charge is -1.99. The molecule has 82 valence electrons. The van der Waals surface area contributed by atoms with Crippen molar-refractivity contribution in [1.82, 2.24) is 4.98 Å². The summed E-state index contributed by atoms with van der Waals surface area (Å²) in [7, 11) is 0. The molecular weight excluding hydrogens is 225 g/mol. The normalized spacial score (nSPS) is 10.3. The first-order valence-electron chi connectivity index (χ1n) is 4.87. The van der Waals surface area contributed by atoms with Crippen molar-refractivity contribution < 1.29 is 9.18 Å². The number of hydrogen-bond acceptors (Lipinski definition) is 3. The van der Waals surface area contributed by atoms with Crippen molar-refractivity contribution in [2.45, 2.75) is 12.8 Å². The van der Waals surface area contributed by atoms with E-state index in [1.165, 1.54) is 23.5 Å². The summed E-state index contributed by atoms with van der Waals surface area (Å²) in [5.74, 6) is -0.224. The maximum atomic E-state index is 12.9.